The number of benzene rings is 1. The lowest BCUT2D eigenvalue weighted by molar-refractivity contribution is -0.130. The van der Waals surface area contributed by atoms with Gasteiger partial charge in [-0.15, -0.1) is 0 Å². The highest BCUT2D eigenvalue weighted by Crippen LogP contribution is 2.31. The van der Waals surface area contributed by atoms with Crippen LogP contribution in [0.15, 0.2) is 18.2 Å². The fourth-order valence-corrected chi connectivity index (χ4v) is 3.10. The molecule has 22 heavy (non-hydrogen) atoms. The van der Waals surface area contributed by atoms with Gasteiger partial charge in [-0.3, -0.25) is 4.79 Å². The van der Waals surface area contributed by atoms with Crippen molar-refractivity contribution in [1.29, 1.82) is 0 Å². The van der Waals surface area contributed by atoms with Crippen LogP contribution in [0.3, 0.4) is 0 Å². The quantitative estimate of drug-likeness (QED) is 0.805. The number of aromatic nitrogens is 2. The second-order valence-corrected chi connectivity index (χ2v) is 5.97. The van der Waals surface area contributed by atoms with Gasteiger partial charge in [0, 0.05) is 12.8 Å². The zero-order valence-electron chi connectivity index (χ0n) is 13.0. The zero-order chi connectivity index (χ0) is 15.6. The molecule has 0 bridgehead atoms. The monoisotopic (exact) mass is 302 g/mol. The number of aromatic amines is 1. The van der Waals surface area contributed by atoms with Gasteiger partial charge in [0.05, 0.1) is 23.1 Å². The molecule has 0 unspecified atom stereocenters. The van der Waals surface area contributed by atoms with E-state index in [1.165, 1.54) is 0 Å². The number of carbonyl (C=O) groups is 1. The van der Waals surface area contributed by atoms with Crippen molar-refractivity contribution in [1.82, 2.24) is 15.3 Å². The Kier molecular flexibility index (Phi) is 4.13. The van der Waals surface area contributed by atoms with E-state index in [2.05, 4.69) is 20.6 Å². The topological polar surface area (TPSA) is 79.0 Å². The Morgan fingerprint density at radius 2 is 2.18 bits per heavy atom. The van der Waals surface area contributed by atoms with Crippen molar-refractivity contribution in [3.63, 3.8) is 0 Å². The van der Waals surface area contributed by atoms with Gasteiger partial charge < -0.3 is 20.4 Å². The van der Waals surface area contributed by atoms with Crippen LogP contribution in [-0.4, -0.2) is 42.7 Å². The lowest BCUT2D eigenvalue weighted by Gasteiger charge is -2.35. The Bertz CT molecular complexity index is 668. The van der Waals surface area contributed by atoms with Crippen LogP contribution in [0.2, 0.25) is 0 Å². The normalized spacial score (nSPS) is 17.5. The fourth-order valence-electron chi connectivity index (χ4n) is 3.10. The van der Waals surface area contributed by atoms with E-state index in [0.29, 0.717) is 6.61 Å². The number of amides is 1. The summed E-state index contributed by atoms with van der Waals surface area (Å²) in [5, 5.41) is 6.34. The maximum absolute atomic E-state index is 12.8. The van der Waals surface area contributed by atoms with E-state index < -0.39 is 5.41 Å². The number of nitrogens with one attached hydrogen (secondary N) is 3. The number of nitrogens with zero attached hydrogens (tertiary/aromatic N) is 1. The largest absolute Gasteiger partial charge is 0.384 e. The van der Waals surface area contributed by atoms with Crippen LogP contribution in [0.25, 0.3) is 11.0 Å². The van der Waals surface area contributed by atoms with E-state index in [0.717, 1.165) is 48.5 Å². The summed E-state index contributed by atoms with van der Waals surface area (Å²) in [6.07, 6.45) is 1.58. The van der Waals surface area contributed by atoms with E-state index in [1.54, 1.807) is 7.11 Å². The van der Waals surface area contributed by atoms with Crippen LogP contribution in [-0.2, 0) is 9.53 Å². The first-order chi connectivity index (χ1) is 10.6. The fraction of sp³-hybridized carbons (Fsp3) is 0.500. The number of fused-ring (bicyclic) bond motifs is 1. The molecule has 1 aliphatic heterocycles. The molecule has 1 aromatic carbocycles. The van der Waals surface area contributed by atoms with E-state index >= 15 is 0 Å². The summed E-state index contributed by atoms with van der Waals surface area (Å²) >= 11 is 0. The smallest absolute Gasteiger partial charge is 0.233 e. The zero-order valence-corrected chi connectivity index (χ0v) is 13.0. The highest BCUT2D eigenvalue weighted by Gasteiger charge is 2.39. The summed E-state index contributed by atoms with van der Waals surface area (Å²) in [4.78, 5) is 20.3. The van der Waals surface area contributed by atoms with Crippen molar-refractivity contribution in [2.24, 2.45) is 5.41 Å². The van der Waals surface area contributed by atoms with Gasteiger partial charge in [-0.05, 0) is 51.1 Å². The van der Waals surface area contributed by atoms with E-state index in [4.69, 9.17) is 4.74 Å². The van der Waals surface area contributed by atoms with Crippen molar-refractivity contribution < 1.29 is 9.53 Å². The molecule has 1 saturated heterocycles. The second-order valence-electron chi connectivity index (χ2n) is 5.97. The molecule has 2 heterocycles. The molecule has 3 N–H and O–H groups in total. The van der Waals surface area contributed by atoms with Gasteiger partial charge in [-0.2, -0.15) is 0 Å². The third-order valence-electron chi connectivity index (χ3n) is 4.32. The molecule has 1 aliphatic rings. The van der Waals surface area contributed by atoms with Crippen molar-refractivity contribution >= 4 is 22.6 Å². The van der Waals surface area contributed by atoms with Gasteiger partial charge in [-0.1, -0.05) is 0 Å². The molecule has 0 radical (unpaired) electrons. The Balaban J connectivity index is 1.81. The summed E-state index contributed by atoms with van der Waals surface area (Å²) < 4.78 is 5.31. The molecule has 0 spiro atoms. The third-order valence-corrected chi connectivity index (χ3v) is 4.32. The Morgan fingerprint density at radius 1 is 1.41 bits per heavy atom. The minimum absolute atomic E-state index is 0.0337. The summed E-state index contributed by atoms with van der Waals surface area (Å²) in [7, 11) is 1.65. The highest BCUT2D eigenvalue weighted by molar-refractivity contribution is 5.97. The number of carbonyl (C=O) groups excluding carboxylic acids is 1. The molecule has 2 aromatic rings. The first-order valence-electron chi connectivity index (χ1n) is 7.60. The van der Waals surface area contributed by atoms with E-state index in [-0.39, 0.29) is 5.91 Å². The molecular formula is C16H22N4O2. The maximum atomic E-state index is 12.8. The molecule has 6 heteroatoms. The van der Waals surface area contributed by atoms with Gasteiger partial charge >= 0.3 is 0 Å². The molecule has 6 nitrogen and oxygen atoms in total. The number of aryl methyl sites for hydroxylation is 1. The van der Waals surface area contributed by atoms with Crippen LogP contribution in [0.4, 0.5) is 5.69 Å². The average Bonchev–Trinajstić information content (AvgIpc) is 2.88. The molecular weight excluding hydrogens is 280 g/mol. The number of piperidine rings is 1. The Hall–Kier alpha value is -1.92. The van der Waals surface area contributed by atoms with Crippen LogP contribution in [0.1, 0.15) is 18.7 Å². The van der Waals surface area contributed by atoms with Crippen molar-refractivity contribution in [3.05, 3.63) is 24.0 Å². The number of hydrogen-bond donors (Lipinski definition) is 3. The van der Waals surface area contributed by atoms with Crippen LogP contribution in [0.5, 0.6) is 0 Å². The minimum atomic E-state index is -0.446. The lowest BCUT2D eigenvalue weighted by atomic mass is 9.78. The summed E-state index contributed by atoms with van der Waals surface area (Å²) in [6, 6.07) is 5.73. The van der Waals surface area contributed by atoms with Crippen LogP contribution in [0, 0.1) is 12.3 Å². The van der Waals surface area contributed by atoms with Gasteiger partial charge in [0.2, 0.25) is 5.91 Å². The molecule has 1 aromatic heterocycles. The highest BCUT2D eigenvalue weighted by atomic mass is 16.5. The summed E-state index contributed by atoms with van der Waals surface area (Å²) in [6.45, 7) is 4.05. The predicted octanol–water partition coefficient (Wildman–Crippen LogP) is 1.83. The number of methoxy groups -OCH3 is 1. The molecule has 1 amide bonds. The minimum Gasteiger partial charge on any atom is -0.384 e. The number of H-pyrrole nitrogens is 1. The summed E-state index contributed by atoms with van der Waals surface area (Å²) in [5.41, 5.74) is 2.18. The lowest BCUT2D eigenvalue weighted by Crippen LogP contribution is -2.47. The molecule has 118 valence electrons. The molecule has 0 atom stereocenters. The summed E-state index contributed by atoms with van der Waals surface area (Å²) in [5.74, 6) is 0.902. The third kappa shape index (κ3) is 2.84. The van der Waals surface area contributed by atoms with Gasteiger partial charge in [0.15, 0.2) is 0 Å². The molecule has 3 rings (SSSR count). The molecule has 0 aliphatic carbocycles. The Labute approximate surface area is 129 Å². The maximum Gasteiger partial charge on any atom is 0.233 e. The van der Waals surface area contributed by atoms with Crippen LogP contribution >= 0.6 is 0 Å². The van der Waals surface area contributed by atoms with Gasteiger partial charge in [0.25, 0.3) is 0 Å². The van der Waals surface area contributed by atoms with E-state index in [1.807, 2.05) is 25.1 Å². The predicted molar refractivity (Wildman–Crippen MR) is 85.9 cm³/mol. The number of imidazole rings is 1. The SMILES string of the molecule is COCC1(C(=O)Nc2ccc3nc(C)[nH]c3c2)CCNCC1. The van der Waals surface area contributed by atoms with E-state index in [9.17, 15) is 4.79 Å². The van der Waals surface area contributed by atoms with Crippen molar-refractivity contribution in [2.75, 3.05) is 32.1 Å². The van der Waals surface area contributed by atoms with Gasteiger partial charge in [0.1, 0.15) is 5.82 Å². The number of ether oxygens (including phenoxy) is 1. The van der Waals surface area contributed by atoms with Crippen molar-refractivity contribution in [3.8, 4) is 0 Å². The first-order valence-corrected chi connectivity index (χ1v) is 7.60. The molecule has 0 saturated carbocycles. The number of hydrogen-bond acceptors (Lipinski definition) is 4. The van der Waals surface area contributed by atoms with Crippen LogP contribution < -0.4 is 10.6 Å². The first kappa shape index (κ1) is 15.0. The van der Waals surface area contributed by atoms with Gasteiger partial charge in [-0.25, -0.2) is 4.98 Å². The number of rotatable bonds is 4. The average molecular weight is 302 g/mol. The van der Waals surface area contributed by atoms with Crippen molar-refractivity contribution in [2.45, 2.75) is 19.8 Å². The second kappa shape index (κ2) is 6.06. The standard InChI is InChI=1S/C16H22N4O2/c1-11-18-13-4-3-12(9-14(13)19-11)20-15(21)16(10-22-2)5-7-17-8-6-16/h3-4,9,17H,5-8,10H2,1-2H3,(H,18,19)(H,20,21). The molecule has 1 fully saturated rings. The Morgan fingerprint density at radius 3 is 2.91 bits per heavy atom. The number of anilines is 1.